The van der Waals surface area contributed by atoms with Gasteiger partial charge >= 0.3 is 6.09 Å². The Kier molecular flexibility index (Phi) is 5.48. The first kappa shape index (κ1) is 19.6. The van der Waals surface area contributed by atoms with Crippen molar-refractivity contribution in [1.82, 2.24) is 5.32 Å². The number of carbonyl (C=O) groups is 2. The van der Waals surface area contributed by atoms with Gasteiger partial charge in [0.15, 0.2) is 0 Å². The lowest BCUT2D eigenvalue weighted by molar-refractivity contribution is -0.306. The van der Waals surface area contributed by atoms with Gasteiger partial charge < -0.3 is 20.0 Å². The lowest BCUT2D eigenvalue weighted by Crippen LogP contribution is -2.35. The molecule has 1 atom stereocenters. The van der Waals surface area contributed by atoms with Gasteiger partial charge in [-0.3, -0.25) is 0 Å². The molecule has 6 heteroatoms. The molecule has 1 amide bonds. The summed E-state index contributed by atoms with van der Waals surface area (Å²) in [6, 6.07) is 20.5. The molecule has 0 heterocycles. The van der Waals surface area contributed by atoms with E-state index in [1.165, 1.54) is 18.2 Å². The molecule has 152 valence electrons. The minimum Gasteiger partial charge on any atom is -0.550 e. The molecular formula is C24H19FNO4-. The Labute approximate surface area is 173 Å². The first-order chi connectivity index (χ1) is 14.5. The van der Waals surface area contributed by atoms with Gasteiger partial charge in [0.05, 0.1) is 6.04 Å². The van der Waals surface area contributed by atoms with E-state index in [1.807, 2.05) is 48.5 Å². The summed E-state index contributed by atoms with van der Waals surface area (Å²) in [4.78, 5) is 23.5. The summed E-state index contributed by atoms with van der Waals surface area (Å²) in [5, 5.41) is 13.5. The second kappa shape index (κ2) is 8.37. The van der Waals surface area contributed by atoms with Crippen molar-refractivity contribution in [2.75, 3.05) is 6.61 Å². The minimum atomic E-state index is -1.40. The maximum Gasteiger partial charge on any atom is 0.407 e. The van der Waals surface area contributed by atoms with Gasteiger partial charge in [0.25, 0.3) is 0 Å². The average Bonchev–Trinajstić information content (AvgIpc) is 3.06. The summed E-state index contributed by atoms with van der Waals surface area (Å²) in [5.41, 5.74) is 4.39. The molecule has 0 aliphatic heterocycles. The molecule has 0 fully saturated rings. The van der Waals surface area contributed by atoms with E-state index in [9.17, 15) is 19.1 Å². The van der Waals surface area contributed by atoms with Crippen molar-refractivity contribution in [3.8, 4) is 11.1 Å². The monoisotopic (exact) mass is 404 g/mol. The first-order valence-corrected chi connectivity index (χ1v) is 9.60. The Hall–Kier alpha value is -3.67. The highest BCUT2D eigenvalue weighted by molar-refractivity contribution is 5.79. The minimum absolute atomic E-state index is 0.0650. The summed E-state index contributed by atoms with van der Waals surface area (Å²) < 4.78 is 19.5. The van der Waals surface area contributed by atoms with E-state index in [1.54, 1.807) is 6.07 Å². The lowest BCUT2D eigenvalue weighted by atomic mass is 9.98. The molecular weight excluding hydrogens is 385 g/mol. The molecule has 1 N–H and O–H groups in total. The number of amides is 1. The van der Waals surface area contributed by atoms with Crippen LogP contribution in [0.25, 0.3) is 11.1 Å². The summed E-state index contributed by atoms with van der Waals surface area (Å²) in [6.45, 7) is 0.0785. The van der Waals surface area contributed by atoms with E-state index in [-0.39, 0.29) is 18.1 Å². The number of alkyl carbamates (subject to hydrolysis) is 1. The number of halogens is 1. The van der Waals surface area contributed by atoms with E-state index in [4.69, 9.17) is 4.74 Å². The molecule has 0 spiro atoms. The number of carboxylic acid groups (broad SMARTS) is 1. The Balaban J connectivity index is 1.49. The van der Waals surface area contributed by atoms with E-state index < -0.39 is 30.3 Å². The maximum absolute atomic E-state index is 14.1. The summed E-state index contributed by atoms with van der Waals surface area (Å²) in [6.07, 6.45) is -1.38. The average molecular weight is 404 g/mol. The van der Waals surface area contributed by atoms with Crippen molar-refractivity contribution in [3.05, 3.63) is 95.3 Å². The smallest absolute Gasteiger partial charge is 0.407 e. The fourth-order valence-electron chi connectivity index (χ4n) is 3.95. The topological polar surface area (TPSA) is 78.5 Å². The lowest BCUT2D eigenvalue weighted by Gasteiger charge is -2.21. The Morgan fingerprint density at radius 1 is 0.933 bits per heavy atom. The molecule has 0 aromatic heterocycles. The summed E-state index contributed by atoms with van der Waals surface area (Å²) in [5.74, 6) is -2.14. The number of rotatable bonds is 6. The zero-order valence-electron chi connectivity index (χ0n) is 16.0. The molecule has 3 aromatic rings. The zero-order valence-corrected chi connectivity index (χ0v) is 16.0. The largest absolute Gasteiger partial charge is 0.550 e. The summed E-state index contributed by atoms with van der Waals surface area (Å²) >= 11 is 0. The van der Waals surface area contributed by atoms with Crippen molar-refractivity contribution in [2.24, 2.45) is 0 Å². The molecule has 5 nitrogen and oxygen atoms in total. The van der Waals surface area contributed by atoms with Crippen LogP contribution in [0.2, 0.25) is 0 Å². The molecule has 0 saturated carbocycles. The van der Waals surface area contributed by atoms with Gasteiger partial charge in [-0.25, -0.2) is 9.18 Å². The molecule has 3 aromatic carbocycles. The number of benzene rings is 3. The van der Waals surface area contributed by atoms with Gasteiger partial charge in [0.2, 0.25) is 0 Å². The second-order valence-electron chi connectivity index (χ2n) is 7.12. The first-order valence-electron chi connectivity index (χ1n) is 9.60. The number of aliphatic carboxylic acids is 1. The quantitative estimate of drug-likeness (QED) is 0.682. The highest BCUT2D eigenvalue weighted by atomic mass is 19.1. The second-order valence-corrected chi connectivity index (χ2v) is 7.12. The Morgan fingerprint density at radius 3 is 2.10 bits per heavy atom. The molecule has 1 aliphatic carbocycles. The van der Waals surface area contributed by atoms with E-state index >= 15 is 0 Å². The molecule has 0 radical (unpaired) electrons. The number of ether oxygens (including phenoxy) is 1. The van der Waals surface area contributed by atoms with E-state index in [0.717, 1.165) is 22.3 Å². The van der Waals surface area contributed by atoms with E-state index in [0.29, 0.717) is 0 Å². The third-order valence-corrected chi connectivity index (χ3v) is 5.29. The molecule has 0 bridgehead atoms. The van der Waals surface area contributed by atoms with Crippen LogP contribution in [-0.4, -0.2) is 18.7 Å². The van der Waals surface area contributed by atoms with Crippen LogP contribution in [0.5, 0.6) is 0 Å². The number of hydrogen-bond donors (Lipinski definition) is 1. The standard InChI is InChI=1S/C24H20FNO4/c25-21-12-6-5-11-19(21)22(13-23(27)28)26-24(29)30-14-20-17-9-3-1-7-15(17)16-8-2-4-10-18(16)20/h1-12,20,22H,13-14H2,(H,26,29)(H,27,28)/p-1/t22-/m1/s1. The van der Waals surface area contributed by atoms with Crippen molar-refractivity contribution in [2.45, 2.75) is 18.4 Å². The van der Waals surface area contributed by atoms with Crippen LogP contribution in [0.3, 0.4) is 0 Å². The highest BCUT2D eigenvalue weighted by Crippen LogP contribution is 2.44. The van der Waals surface area contributed by atoms with E-state index in [2.05, 4.69) is 5.32 Å². The SMILES string of the molecule is O=C([O-])C[C@@H](NC(=O)OCC1c2ccccc2-c2ccccc21)c1ccccc1F. The van der Waals surface area contributed by atoms with Crippen LogP contribution < -0.4 is 10.4 Å². The number of carbonyl (C=O) groups excluding carboxylic acids is 2. The zero-order chi connectivity index (χ0) is 21.1. The van der Waals surface area contributed by atoms with Gasteiger partial charge in [-0.1, -0.05) is 66.7 Å². The molecule has 4 rings (SSSR count). The number of fused-ring (bicyclic) bond motifs is 3. The van der Waals surface area contributed by atoms with Crippen LogP contribution in [0.15, 0.2) is 72.8 Å². The van der Waals surface area contributed by atoms with Gasteiger partial charge in [-0.15, -0.1) is 0 Å². The van der Waals surface area contributed by atoms with Gasteiger partial charge in [-0.05, 0) is 28.3 Å². The van der Waals surface area contributed by atoms with Crippen LogP contribution in [-0.2, 0) is 9.53 Å². The van der Waals surface area contributed by atoms with Gasteiger partial charge in [0.1, 0.15) is 12.4 Å². The summed E-state index contributed by atoms with van der Waals surface area (Å²) in [7, 11) is 0. The van der Waals surface area contributed by atoms with Crippen molar-refractivity contribution >= 4 is 12.1 Å². The van der Waals surface area contributed by atoms with Gasteiger partial charge in [0, 0.05) is 23.9 Å². The van der Waals surface area contributed by atoms with Crippen LogP contribution in [0, 0.1) is 5.82 Å². The molecule has 0 saturated heterocycles. The Bertz CT molecular complexity index is 1050. The molecule has 0 unspecified atom stereocenters. The Morgan fingerprint density at radius 2 is 1.50 bits per heavy atom. The molecule has 30 heavy (non-hydrogen) atoms. The highest BCUT2D eigenvalue weighted by Gasteiger charge is 2.29. The predicted octanol–water partition coefficient (Wildman–Crippen LogP) is 3.55. The predicted molar refractivity (Wildman–Crippen MR) is 107 cm³/mol. The van der Waals surface area contributed by atoms with Crippen molar-refractivity contribution < 1.29 is 23.8 Å². The molecule has 1 aliphatic rings. The van der Waals surface area contributed by atoms with Crippen LogP contribution >= 0.6 is 0 Å². The third-order valence-electron chi connectivity index (χ3n) is 5.29. The number of hydrogen-bond acceptors (Lipinski definition) is 4. The number of carboxylic acids is 1. The number of nitrogens with one attached hydrogen (secondary N) is 1. The van der Waals surface area contributed by atoms with Crippen LogP contribution in [0.1, 0.15) is 35.1 Å². The van der Waals surface area contributed by atoms with Crippen molar-refractivity contribution in [3.63, 3.8) is 0 Å². The van der Waals surface area contributed by atoms with Crippen LogP contribution in [0.4, 0.5) is 9.18 Å². The fourth-order valence-corrected chi connectivity index (χ4v) is 3.95. The fraction of sp³-hybridized carbons (Fsp3) is 0.167. The normalized spacial score (nSPS) is 13.2. The van der Waals surface area contributed by atoms with Crippen molar-refractivity contribution in [1.29, 1.82) is 0 Å². The van der Waals surface area contributed by atoms with Gasteiger partial charge in [-0.2, -0.15) is 0 Å². The third kappa shape index (κ3) is 3.89. The maximum atomic E-state index is 14.1.